The number of hydrogen-bond donors (Lipinski definition) is 2. The van der Waals surface area contributed by atoms with Gasteiger partial charge in [0.05, 0.1) is 12.0 Å². The topological polar surface area (TPSA) is 105 Å². The van der Waals surface area contributed by atoms with Gasteiger partial charge in [0.25, 0.3) is 10.8 Å². The summed E-state index contributed by atoms with van der Waals surface area (Å²) in [5.41, 5.74) is -0.744. The van der Waals surface area contributed by atoms with E-state index < -0.39 is 23.0 Å². The third kappa shape index (κ3) is 4.67. The van der Waals surface area contributed by atoms with Gasteiger partial charge in [-0.05, 0) is 18.6 Å². The van der Waals surface area contributed by atoms with Crippen molar-refractivity contribution in [2.45, 2.75) is 30.5 Å². The first-order chi connectivity index (χ1) is 12.7. The summed E-state index contributed by atoms with van der Waals surface area (Å²) in [7, 11) is 0. The van der Waals surface area contributed by atoms with Gasteiger partial charge < -0.3 is 9.40 Å². The minimum Gasteiger partial charge on any atom is -0.416 e. The Kier molecular flexibility index (Phi) is 5.22. The predicted molar refractivity (Wildman–Crippen MR) is 90.5 cm³/mol. The van der Waals surface area contributed by atoms with E-state index in [1.54, 1.807) is 13.0 Å². The minimum atomic E-state index is -4.40. The standard InChI is InChI=1S/C16H13F3N4O3S/c1-8-11(13(24)21-14(25)20-8)6-12-22-23-15(26-12)27-7-9-3-2-4-10(5-9)16(17,18)19/h2-5H,6-7H2,1H3,(H2,20,21,24,25). The number of H-pyrrole nitrogens is 2. The number of aryl methyl sites for hydroxylation is 1. The highest BCUT2D eigenvalue weighted by molar-refractivity contribution is 7.98. The summed E-state index contributed by atoms with van der Waals surface area (Å²) in [6.45, 7) is 1.58. The number of rotatable bonds is 5. The first kappa shape index (κ1) is 19.0. The predicted octanol–water partition coefficient (Wildman–Crippen LogP) is 2.66. The first-order valence-electron chi connectivity index (χ1n) is 7.66. The van der Waals surface area contributed by atoms with Crippen molar-refractivity contribution in [3.8, 4) is 0 Å². The average molecular weight is 398 g/mol. The van der Waals surface area contributed by atoms with Crippen LogP contribution < -0.4 is 11.2 Å². The lowest BCUT2D eigenvalue weighted by Crippen LogP contribution is -2.27. The van der Waals surface area contributed by atoms with Crippen LogP contribution >= 0.6 is 11.8 Å². The quantitative estimate of drug-likeness (QED) is 0.641. The van der Waals surface area contributed by atoms with Crippen molar-refractivity contribution in [2.24, 2.45) is 0 Å². The van der Waals surface area contributed by atoms with Gasteiger partial charge in [-0.1, -0.05) is 30.0 Å². The van der Waals surface area contributed by atoms with Crippen LogP contribution in [0, 0.1) is 6.92 Å². The summed E-state index contributed by atoms with van der Waals surface area (Å²) in [5, 5.41) is 7.81. The molecule has 7 nitrogen and oxygen atoms in total. The number of alkyl halides is 3. The van der Waals surface area contributed by atoms with Crippen molar-refractivity contribution >= 4 is 11.8 Å². The smallest absolute Gasteiger partial charge is 0.416 e. The maximum atomic E-state index is 12.7. The van der Waals surface area contributed by atoms with Crippen molar-refractivity contribution in [1.82, 2.24) is 20.2 Å². The molecule has 0 aliphatic carbocycles. The van der Waals surface area contributed by atoms with Crippen LogP contribution in [0.1, 0.15) is 28.3 Å². The van der Waals surface area contributed by atoms with Crippen molar-refractivity contribution in [3.63, 3.8) is 0 Å². The molecule has 0 saturated carbocycles. The molecule has 2 heterocycles. The van der Waals surface area contributed by atoms with Gasteiger partial charge in [-0.2, -0.15) is 13.2 Å². The number of benzene rings is 1. The van der Waals surface area contributed by atoms with E-state index in [-0.39, 0.29) is 28.9 Å². The van der Waals surface area contributed by atoms with Crippen LogP contribution in [0.4, 0.5) is 13.2 Å². The van der Waals surface area contributed by atoms with E-state index in [4.69, 9.17) is 4.42 Å². The lowest BCUT2D eigenvalue weighted by atomic mass is 10.1. The van der Waals surface area contributed by atoms with E-state index in [0.29, 0.717) is 11.3 Å². The molecular weight excluding hydrogens is 385 g/mol. The normalized spacial score (nSPS) is 11.7. The maximum absolute atomic E-state index is 12.7. The Morgan fingerprint density at radius 3 is 2.67 bits per heavy atom. The number of nitrogens with one attached hydrogen (secondary N) is 2. The van der Waals surface area contributed by atoms with E-state index in [1.807, 2.05) is 0 Å². The van der Waals surface area contributed by atoms with Crippen molar-refractivity contribution in [2.75, 3.05) is 0 Å². The van der Waals surface area contributed by atoms with E-state index in [9.17, 15) is 22.8 Å². The lowest BCUT2D eigenvalue weighted by Gasteiger charge is -2.07. The monoisotopic (exact) mass is 398 g/mol. The second kappa shape index (κ2) is 7.43. The average Bonchev–Trinajstić information content (AvgIpc) is 3.03. The van der Waals surface area contributed by atoms with Crippen molar-refractivity contribution in [3.05, 3.63) is 73.4 Å². The molecule has 3 aromatic rings. The van der Waals surface area contributed by atoms with Gasteiger partial charge in [0.2, 0.25) is 5.89 Å². The summed E-state index contributed by atoms with van der Waals surface area (Å²) in [6.07, 6.45) is -4.38. The van der Waals surface area contributed by atoms with Crippen LogP contribution in [0.5, 0.6) is 0 Å². The Balaban J connectivity index is 1.69. The molecule has 0 atom stereocenters. The Labute approximate surface area is 154 Å². The molecule has 0 unspecified atom stereocenters. The molecule has 0 fully saturated rings. The lowest BCUT2D eigenvalue weighted by molar-refractivity contribution is -0.137. The number of thioether (sulfide) groups is 1. The van der Waals surface area contributed by atoms with Crippen LogP contribution in [0.2, 0.25) is 0 Å². The van der Waals surface area contributed by atoms with Gasteiger partial charge in [0, 0.05) is 17.0 Å². The molecule has 27 heavy (non-hydrogen) atoms. The van der Waals surface area contributed by atoms with E-state index >= 15 is 0 Å². The molecule has 2 N–H and O–H groups in total. The molecule has 0 amide bonds. The van der Waals surface area contributed by atoms with Crippen molar-refractivity contribution < 1.29 is 17.6 Å². The molecule has 142 valence electrons. The Morgan fingerprint density at radius 1 is 1.19 bits per heavy atom. The highest BCUT2D eigenvalue weighted by Crippen LogP contribution is 2.31. The van der Waals surface area contributed by atoms with Gasteiger partial charge in [0.15, 0.2) is 0 Å². The highest BCUT2D eigenvalue weighted by atomic mass is 32.2. The van der Waals surface area contributed by atoms with Crippen LogP contribution in [0.25, 0.3) is 0 Å². The summed E-state index contributed by atoms with van der Waals surface area (Å²) in [4.78, 5) is 27.6. The van der Waals surface area contributed by atoms with Crippen molar-refractivity contribution in [1.29, 1.82) is 0 Å². The van der Waals surface area contributed by atoms with Crippen LogP contribution in [-0.2, 0) is 18.3 Å². The van der Waals surface area contributed by atoms with Crippen LogP contribution in [0.15, 0.2) is 43.5 Å². The van der Waals surface area contributed by atoms with E-state index in [0.717, 1.165) is 23.9 Å². The largest absolute Gasteiger partial charge is 0.416 e. The summed E-state index contributed by atoms with van der Waals surface area (Å²) in [6, 6.07) is 4.97. The molecule has 2 aromatic heterocycles. The molecule has 1 aromatic carbocycles. The van der Waals surface area contributed by atoms with Gasteiger partial charge in [-0.25, -0.2) is 4.79 Å². The number of aromatic amines is 2. The van der Waals surface area contributed by atoms with Gasteiger partial charge in [0.1, 0.15) is 0 Å². The number of nitrogens with zero attached hydrogens (tertiary/aromatic N) is 2. The van der Waals surface area contributed by atoms with Gasteiger partial charge >= 0.3 is 11.9 Å². The number of hydrogen-bond acceptors (Lipinski definition) is 6. The van der Waals surface area contributed by atoms with Crippen LogP contribution in [-0.4, -0.2) is 20.2 Å². The Morgan fingerprint density at radius 2 is 1.96 bits per heavy atom. The highest BCUT2D eigenvalue weighted by Gasteiger charge is 2.30. The maximum Gasteiger partial charge on any atom is 0.416 e. The molecule has 0 aliphatic rings. The Bertz CT molecular complexity index is 1070. The minimum absolute atomic E-state index is 0.0229. The van der Waals surface area contributed by atoms with E-state index in [1.165, 1.54) is 6.07 Å². The molecular formula is C16H13F3N4O3S. The second-order valence-corrected chi connectivity index (χ2v) is 6.56. The second-order valence-electron chi connectivity index (χ2n) is 5.64. The summed E-state index contributed by atoms with van der Waals surface area (Å²) in [5.74, 6) is 0.367. The third-order valence-corrected chi connectivity index (χ3v) is 4.54. The Hall–Kier alpha value is -2.82. The first-order valence-corrected chi connectivity index (χ1v) is 8.64. The molecule has 0 aliphatic heterocycles. The van der Waals surface area contributed by atoms with Crippen LogP contribution in [0.3, 0.4) is 0 Å². The fraction of sp³-hybridized carbons (Fsp3) is 0.250. The summed E-state index contributed by atoms with van der Waals surface area (Å²) >= 11 is 1.08. The zero-order valence-corrected chi connectivity index (χ0v) is 14.7. The van der Waals surface area contributed by atoms with Gasteiger partial charge in [-0.3, -0.25) is 9.78 Å². The zero-order valence-electron chi connectivity index (χ0n) is 13.9. The SMILES string of the molecule is Cc1[nH]c(=O)[nH]c(=O)c1Cc1nnc(SCc2cccc(C(F)(F)F)c2)o1. The fourth-order valence-corrected chi connectivity index (χ4v) is 3.06. The molecule has 0 spiro atoms. The molecule has 11 heteroatoms. The number of halogens is 3. The molecule has 0 saturated heterocycles. The molecule has 0 bridgehead atoms. The van der Waals surface area contributed by atoms with E-state index in [2.05, 4.69) is 20.2 Å². The third-order valence-electron chi connectivity index (χ3n) is 3.65. The zero-order chi connectivity index (χ0) is 19.6. The molecule has 0 radical (unpaired) electrons. The fourth-order valence-electron chi connectivity index (χ4n) is 2.34. The summed E-state index contributed by atoms with van der Waals surface area (Å²) < 4.78 is 43.6. The number of aromatic nitrogens is 4. The van der Waals surface area contributed by atoms with Gasteiger partial charge in [-0.15, -0.1) is 10.2 Å². The molecule has 3 rings (SSSR count).